The monoisotopic (exact) mass is 89.0 g/mol. The van der Waals surface area contributed by atoms with Crippen molar-refractivity contribution in [3.63, 3.8) is 0 Å². The fourth-order valence-electron chi connectivity index (χ4n) is 0. The second-order valence-corrected chi connectivity index (χ2v) is 0. The van der Waals surface area contributed by atoms with E-state index in [1.165, 1.54) is 0 Å². The molecule has 0 heterocycles. The van der Waals surface area contributed by atoms with Crippen molar-refractivity contribution in [3.8, 4) is 0 Å². The van der Waals surface area contributed by atoms with E-state index in [4.69, 9.17) is 3.80 Å². The summed E-state index contributed by atoms with van der Waals surface area (Å²) >= 11 is 0.611. The van der Waals surface area contributed by atoms with Gasteiger partial charge in [-0.05, 0) is 0 Å². The van der Waals surface area contributed by atoms with Crippen LogP contribution in [-0.4, -0.2) is 44.8 Å². The molecule has 4 heteroatoms. The van der Waals surface area contributed by atoms with Gasteiger partial charge in [-0.3, -0.25) is 0 Å². The molecular formula is H6AlMgO2+. The van der Waals surface area contributed by atoms with Crippen molar-refractivity contribution in [2.24, 2.45) is 0 Å². The summed E-state index contributed by atoms with van der Waals surface area (Å²) in [5, 5.41) is 0. The second-order valence-electron chi connectivity index (χ2n) is 0. The zero-order chi connectivity index (χ0) is 2.00. The van der Waals surface area contributed by atoms with E-state index < -0.39 is 0 Å². The van der Waals surface area contributed by atoms with Gasteiger partial charge in [-0.1, -0.05) is 0 Å². The van der Waals surface area contributed by atoms with Crippen LogP contribution in [0.25, 0.3) is 0 Å². The molecule has 2 nitrogen and oxygen atoms in total. The molecule has 0 aliphatic rings. The molecule has 0 amide bonds. The van der Waals surface area contributed by atoms with Crippen LogP contribution in [0.5, 0.6) is 0 Å². The molecule has 0 aromatic rings. The van der Waals surface area contributed by atoms with Gasteiger partial charge in [0, 0.05) is 0 Å². The molecule has 0 spiro atoms. The molecule has 0 saturated carbocycles. The van der Waals surface area contributed by atoms with Gasteiger partial charge in [0.05, 0.1) is 0 Å². The SMILES string of the molecule is O.[H+].[H-].[H-].[Mg+2].[O]=[AlH]. The molecule has 0 unspecified atom stereocenters. The normalized spacial score (nSPS) is 0.750. The Balaban J connectivity index is -0.000000000500. The van der Waals surface area contributed by atoms with Crippen LogP contribution >= 0.6 is 0 Å². The molecule has 0 saturated heterocycles. The van der Waals surface area contributed by atoms with Crippen LogP contribution in [-0.2, 0) is 3.80 Å². The third-order valence-corrected chi connectivity index (χ3v) is 0. The van der Waals surface area contributed by atoms with Gasteiger partial charge in [0.25, 0.3) is 0 Å². The quantitative estimate of drug-likeness (QED) is 0.329. The molecule has 0 rings (SSSR count). The Morgan fingerprint density at radius 2 is 1.75 bits per heavy atom. The average Bonchev–Trinajstić information content (AvgIpc) is 1.00. The average molecular weight is 89.3 g/mol. The summed E-state index contributed by atoms with van der Waals surface area (Å²) in [6, 6.07) is 0. The molecule has 0 aliphatic carbocycles. The van der Waals surface area contributed by atoms with Gasteiger partial charge in [-0.25, -0.2) is 0 Å². The van der Waals surface area contributed by atoms with Crippen molar-refractivity contribution in [1.82, 2.24) is 0 Å². The van der Waals surface area contributed by atoms with E-state index in [0.717, 1.165) is 0 Å². The Morgan fingerprint density at radius 1 is 1.75 bits per heavy atom. The zero-order valence-corrected chi connectivity index (χ0v) is 5.15. The van der Waals surface area contributed by atoms with E-state index in [-0.39, 0.29) is 32.8 Å². The van der Waals surface area contributed by atoms with Crippen molar-refractivity contribution in [3.05, 3.63) is 0 Å². The maximum atomic E-state index is 8.28. The summed E-state index contributed by atoms with van der Waals surface area (Å²) in [5.74, 6) is 0. The standard InChI is InChI=1S/Al.Mg.H2O.O.3H/h;;1H2;;;;/q;+2;;;;2*-1/p+1. The Kier molecular flexibility index (Phi) is 167. The molecule has 0 fully saturated rings. The molecule has 22 valence electrons. The molecule has 0 aliphatic heterocycles. The minimum atomic E-state index is 0. The third-order valence-electron chi connectivity index (χ3n) is 0. The van der Waals surface area contributed by atoms with Crippen molar-refractivity contribution in [1.29, 1.82) is 0 Å². The first-order chi connectivity index (χ1) is 1.00. The predicted octanol–water partition coefficient (Wildman–Crippen LogP) is -1.64. The molecule has 4 heavy (non-hydrogen) atoms. The Bertz CT molecular complexity index is 12.9. The molecule has 0 radical (unpaired) electrons. The topological polar surface area (TPSA) is 48.6 Å². The zero-order valence-electron chi connectivity index (χ0n) is 5.32. The first-order valence-electron chi connectivity index (χ1n) is 0.289. The van der Waals surface area contributed by atoms with Crippen LogP contribution in [0.2, 0.25) is 0 Å². The number of hydrogen-bond donors (Lipinski definition) is 0. The van der Waals surface area contributed by atoms with Gasteiger partial charge >= 0.3 is 44.5 Å². The second kappa shape index (κ2) is 33.9. The van der Waals surface area contributed by atoms with E-state index in [2.05, 4.69) is 0 Å². The van der Waals surface area contributed by atoms with Crippen LogP contribution in [0.1, 0.15) is 4.28 Å². The fourth-order valence-corrected chi connectivity index (χ4v) is 0. The van der Waals surface area contributed by atoms with Crippen molar-refractivity contribution in [2.75, 3.05) is 0 Å². The Hall–Kier alpha value is 1.06. The third kappa shape index (κ3) is 11.6. The first-order valence-corrected chi connectivity index (χ1v) is 0.866. The van der Waals surface area contributed by atoms with Crippen LogP contribution in [0.15, 0.2) is 0 Å². The van der Waals surface area contributed by atoms with E-state index in [1.807, 2.05) is 0 Å². The van der Waals surface area contributed by atoms with Gasteiger partial charge in [0.2, 0.25) is 0 Å². The van der Waals surface area contributed by atoms with E-state index in [0.29, 0.717) is 16.2 Å². The molecule has 2 N–H and O–H groups in total. The summed E-state index contributed by atoms with van der Waals surface area (Å²) in [5.41, 5.74) is 0. The van der Waals surface area contributed by atoms with E-state index in [9.17, 15) is 0 Å². The Labute approximate surface area is 53.1 Å². The summed E-state index contributed by atoms with van der Waals surface area (Å²) < 4.78 is 8.28. The van der Waals surface area contributed by atoms with Gasteiger partial charge < -0.3 is 8.33 Å². The molecular weight excluding hydrogens is 83.3 g/mol. The van der Waals surface area contributed by atoms with Gasteiger partial charge in [-0.15, -0.1) is 0 Å². The minimum absolute atomic E-state index is 0. The maximum absolute atomic E-state index is 8.28. The Morgan fingerprint density at radius 3 is 1.75 bits per heavy atom. The van der Waals surface area contributed by atoms with Gasteiger partial charge in [0.15, 0.2) is 0 Å². The van der Waals surface area contributed by atoms with Crippen LogP contribution in [0.3, 0.4) is 0 Å². The molecule has 0 bridgehead atoms. The summed E-state index contributed by atoms with van der Waals surface area (Å²) in [6.07, 6.45) is 0. The summed E-state index contributed by atoms with van der Waals surface area (Å²) in [7, 11) is 0. The molecule has 0 atom stereocenters. The van der Waals surface area contributed by atoms with Crippen molar-refractivity contribution in [2.45, 2.75) is 0 Å². The van der Waals surface area contributed by atoms with Gasteiger partial charge in [0.1, 0.15) is 0 Å². The summed E-state index contributed by atoms with van der Waals surface area (Å²) in [4.78, 5) is 0. The van der Waals surface area contributed by atoms with Crippen LogP contribution in [0, 0.1) is 0 Å². The van der Waals surface area contributed by atoms with E-state index >= 15 is 0 Å². The van der Waals surface area contributed by atoms with Crippen LogP contribution in [0.4, 0.5) is 0 Å². The van der Waals surface area contributed by atoms with Gasteiger partial charge in [-0.2, -0.15) is 0 Å². The molecule has 0 aromatic heterocycles. The summed E-state index contributed by atoms with van der Waals surface area (Å²) in [6.45, 7) is 0. The fraction of sp³-hybridized carbons (Fsp3) is 0. The molecule has 0 aromatic carbocycles. The van der Waals surface area contributed by atoms with Crippen molar-refractivity contribution >= 4 is 39.3 Å². The first kappa shape index (κ1) is 19.7. The predicted molar refractivity (Wildman–Crippen MR) is 20.5 cm³/mol. The van der Waals surface area contributed by atoms with Crippen LogP contribution < -0.4 is 0 Å². The number of rotatable bonds is 0. The van der Waals surface area contributed by atoms with Crippen molar-refractivity contribution < 1.29 is 13.6 Å². The number of hydrogen-bond acceptors (Lipinski definition) is 1. The van der Waals surface area contributed by atoms with E-state index in [1.54, 1.807) is 0 Å².